The van der Waals surface area contributed by atoms with Crippen LogP contribution in [0.1, 0.15) is 38.5 Å². The highest BCUT2D eigenvalue weighted by Crippen LogP contribution is 2.25. The van der Waals surface area contributed by atoms with Gasteiger partial charge in [-0.15, -0.1) is 11.3 Å². The summed E-state index contributed by atoms with van der Waals surface area (Å²) in [7, 11) is 0. The van der Waals surface area contributed by atoms with Crippen molar-refractivity contribution in [2.45, 2.75) is 26.5 Å². The standard InChI is InChI=1S/C22H20F2N4O3S/c1-12-11-32-22(25-12)17(9-29)27-21(30)19-13(2)26-20-18(7-4-8-28(19)20)31-10-14-15(23)5-3-6-16(14)24/h3-8,11,17,29H,9-10H2,1-2H3,(H,27,30). The summed E-state index contributed by atoms with van der Waals surface area (Å²) < 4.78 is 35.0. The number of aromatic nitrogens is 3. The van der Waals surface area contributed by atoms with Crippen molar-refractivity contribution in [3.8, 4) is 5.75 Å². The molecule has 2 N–H and O–H groups in total. The van der Waals surface area contributed by atoms with Gasteiger partial charge >= 0.3 is 0 Å². The Kier molecular flexibility index (Phi) is 6.15. The Labute approximate surface area is 186 Å². The predicted octanol–water partition coefficient (Wildman–Crippen LogP) is 3.73. The monoisotopic (exact) mass is 458 g/mol. The number of ether oxygens (including phenoxy) is 1. The van der Waals surface area contributed by atoms with Gasteiger partial charge in [-0.3, -0.25) is 9.20 Å². The summed E-state index contributed by atoms with van der Waals surface area (Å²) in [6, 6.07) is 6.19. The van der Waals surface area contributed by atoms with E-state index in [1.54, 1.807) is 29.7 Å². The normalized spacial score (nSPS) is 12.2. The molecule has 0 fully saturated rings. The Bertz CT molecular complexity index is 1270. The molecule has 3 aromatic heterocycles. The molecule has 7 nitrogen and oxygen atoms in total. The molecule has 4 aromatic rings. The zero-order valence-corrected chi connectivity index (χ0v) is 18.1. The summed E-state index contributed by atoms with van der Waals surface area (Å²) in [5.41, 5.74) is 1.63. The number of carbonyl (C=O) groups excluding carboxylic acids is 1. The Balaban J connectivity index is 1.61. The first-order valence-corrected chi connectivity index (χ1v) is 10.6. The summed E-state index contributed by atoms with van der Waals surface area (Å²) in [5, 5.41) is 15.0. The highest BCUT2D eigenvalue weighted by Gasteiger charge is 2.23. The largest absolute Gasteiger partial charge is 0.485 e. The molecular weight excluding hydrogens is 438 g/mol. The Morgan fingerprint density at radius 2 is 1.97 bits per heavy atom. The average Bonchev–Trinajstić information content (AvgIpc) is 3.34. The van der Waals surface area contributed by atoms with Crippen molar-refractivity contribution < 1.29 is 23.4 Å². The molecule has 1 atom stereocenters. The van der Waals surface area contributed by atoms with Crippen molar-refractivity contribution in [3.05, 3.63) is 81.2 Å². The van der Waals surface area contributed by atoms with Crippen molar-refractivity contribution in [2.75, 3.05) is 6.61 Å². The van der Waals surface area contributed by atoms with Crippen LogP contribution in [0.2, 0.25) is 0 Å². The molecular formula is C22H20F2N4O3S. The fraction of sp³-hybridized carbons (Fsp3) is 0.227. The lowest BCUT2D eigenvalue weighted by atomic mass is 10.2. The zero-order valence-electron chi connectivity index (χ0n) is 17.3. The second-order valence-corrected chi connectivity index (χ2v) is 8.03. The third kappa shape index (κ3) is 4.19. The number of imidazole rings is 1. The van der Waals surface area contributed by atoms with Crippen molar-refractivity contribution in [1.29, 1.82) is 0 Å². The number of thiazole rings is 1. The van der Waals surface area contributed by atoms with Crippen LogP contribution in [0.25, 0.3) is 5.65 Å². The second-order valence-electron chi connectivity index (χ2n) is 7.14. The van der Waals surface area contributed by atoms with E-state index in [1.807, 2.05) is 12.3 Å². The number of rotatable bonds is 7. The summed E-state index contributed by atoms with van der Waals surface area (Å²) >= 11 is 1.35. The number of hydrogen-bond donors (Lipinski definition) is 2. The van der Waals surface area contributed by atoms with Gasteiger partial charge in [-0.2, -0.15) is 0 Å². The molecule has 32 heavy (non-hydrogen) atoms. The smallest absolute Gasteiger partial charge is 0.270 e. The molecule has 166 valence electrons. The average molecular weight is 458 g/mol. The molecule has 0 aliphatic rings. The molecule has 1 aromatic carbocycles. The van der Waals surface area contributed by atoms with Crippen LogP contribution in [0.15, 0.2) is 41.9 Å². The number of benzene rings is 1. The van der Waals surface area contributed by atoms with Crippen LogP contribution in [0, 0.1) is 25.5 Å². The van der Waals surface area contributed by atoms with E-state index in [2.05, 4.69) is 15.3 Å². The number of aliphatic hydroxyl groups excluding tert-OH is 1. The van der Waals surface area contributed by atoms with Gasteiger partial charge < -0.3 is 15.2 Å². The fourth-order valence-corrected chi connectivity index (χ4v) is 4.15. The molecule has 0 aliphatic carbocycles. The number of fused-ring (bicyclic) bond motifs is 1. The van der Waals surface area contributed by atoms with E-state index in [0.717, 1.165) is 17.8 Å². The van der Waals surface area contributed by atoms with Crippen molar-refractivity contribution in [3.63, 3.8) is 0 Å². The number of aliphatic hydroxyl groups is 1. The van der Waals surface area contributed by atoms with Gasteiger partial charge in [0.2, 0.25) is 0 Å². The van der Waals surface area contributed by atoms with E-state index in [-0.39, 0.29) is 30.2 Å². The van der Waals surface area contributed by atoms with E-state index in [4.69, 9.17) is 4.74 Å². The molecule has 0 aliphatic heterocycles. The molecule has 4 rings (SSSR count). The topological polar surface area (TPSA) is 88.8 Å². The summed E-state index contributed by atoms with van der Waals surface area (Å²) in [4.78, 5) is 21.8. The van der Waals surface area contributed by atoms with Gasteiger partial charge in [-0.25, -0.2) is 18.7 Å². The van der Waals surface area contributed by atoms with Crippen LogP contribution in [-0.4, -0.2) is 32.0 Å². The van der Waals surface area contributed by atoms with Gasteiger partial charge in [0.25, 0.3) is 5.91 Å². The van der Waals surface area contributed by atoms with Gasteiger partial charge in [-0.1, -0.05) is 6.07 Å². The number of pyridine rings is 1. The lowest BCUT2D eigenvalue weighted by Gasteiger charge is -2.14. The van der Waals surface area contributed by atoms with Crippen LogP contribution >= 0.6 is 11.3 Å². The fourth-order valence-electron chi connectivity index (χ4n) is 3.31. The number of hydrogen-bond acceptors (Lipinski definition) is 6. The molecule has 1 amide bonds. The number of nitrogens with one attached hydrogen (secondary N) is 1. The van der Waals surface area contributed by atoms with Crippen molar-refractivity contribution >= 4 is 22.9 Å². The number of amides is 1. The van der Waals surface area contributed by atoms with E-state index >= 15 is 0 Å². The Morgan fingerprint density at radius 3 is 2.62 bits per heavy atom. The van der Waals surface area contributed by atoms with E-state index < -0.39 is 23.6 Å². The maximum Gasteiger partial charge on any atom is 0.270 e. The number of carbonyl (C=O) groups is 1. The molecule has 0 spiro atoms. The van der Waals surface area contributed by atoms with E-state index in [0.29, 0.717) is 16.3 Å². The predicted molar refractivity (Wildman–Crippen MR) is 115 cm³/mol. The SMILES string of the molecule is Cc1csc(C(CO)NC(=O)c2c(C)nc3c(OCc4c(F)cccc4F)cccn23)n1. The molecule has 0 saturated carbocycles. The summed E-state index contributed by atoms with van der Waals surface area (Å²) in [6.45, 7) is 2.86. The van der Waals surface area contributed by atoms with E-state index in [1.165, 1.54) is 17.4 Å². The van der Waals surface area contributed by atoms with Crippen molar-refractivity contribution in [1.82, 2.24) is 19.7 Å². The maximum absolute atomic E-state index is 13.9. The molecule has 0 saturated heterocycles. The lowest BCUT2D eigenvalue weighted by molar-refractivity contribution is 0.0909. The van der Waals surface area contributed by atoms with Crippen LogP contribution in [0.3, 0.4) is 0 Å². The third-order valence-corrected chi connectivity index (χ3v) is 5.94. The van der Waals surface area contributed by atoms with Crippen LogP contribution in [-0.2, 0) is 6.61 Å². The van der Waals surface area contributed by atoms with Crippen LogP contribution in [0.4, 0.5) is 8.78 Å². The van der Waals surface area contributed by atoms with Gasteiger partial charge in [0, 0.05) is 17.3 Å². The van der Waals surface area contributed by atoms with Gasteiger partial charge in [0.1, 0.15) is 35.0 Å². The number of nitrogens with zero attached hydrogens (tertiary/aromatic N) is 3. The first kappa shape index (κ1) is 21.8. The summed E-state index contributed by atoms with van der Waals surface area (Å²) in [6.07, 6.45) is 1.64. The molecule has 1 unspecified atom stereocenters. The molecule has 3 heterocycles. The van der Waals surface area contributed by atoms with Crippen LogP contribution < -0.4 is 10.1 Å². The molecule has 0 bridgehead atoms. The Hall–Kier alpha value is -3.37. The zero-order chi connectivity index (χ0) is 22.8. The third-order valence-electron chi connectivity index (χ3n) is 4.86. The quantitative estimate of drug-likeness (QED) is 0.441. The first-order valence-electron chi connectivity index (χ1n) is 9.76. The lowest BCUT2D eigenvalue weighted by Crippen LogP contribution is -2.32. The minimum atomic E-state index is -0.705. The molecule has 10 heteroatoms. The summed E-state index contributed by atoms with van der Waals surface area (Å²) in [5.74, 6) is -1.58. The number of aryl methyl sites for hydroxylation is 2. The minimum absolute atomic E-state index is 0.194. The van der Waals surface area contributed by atoms with Gasteiger partial charge in [0.05, 0.1) is 17.9 Å². The first-order chi connectivity index (χ1) is 15.4. The van der Waals surface area contributed by atoms with Crippen LogP contribution in [0.5, 0.6) is 5.75 Å². The van der Waals surface area contributed by atoms with Gasteiger partial charge in [-0.05, 0) is 38.1 Å². The van der Waals surface area contributed by atoms with Gasteiger partial charge in [0.15, 0.2) is 11.4 Å². The minimum Gasteiger partial charge on any atom is -0.485 e. The van der Waals surface area contributed by atoms with E-state index in [9.17, 15) is 18.7 Å². The maximum atomic E-state index is 13.9. The van der Waals surface area contributed by atoms with Crippen molar-refractivity contribution in [2.24, 2.45) is 0 Å². The molecule has 0 radical (unpaired) electrons. The number of halogens is 2. The second kappa shape index (κ2) is 9.01. The highest BCUT2D eigenvalue weighted by atomic mass is 32.1. The highest BCUT2D eigenvalue weighted by molar-refractivity contribution is 7.09. The Morgan fingerprint density at radius 1 is 1.22 bits per heavy atom.